The lowest BCUT2D eigenvalue weighted by molar-refractivity contribution is -0.111. The molecule has 0 bridgehead atoms. The Hall–Kier alpha value is -4.24. The van der Waals surface area contributed by atoms with E-state index in [2.05, 4.69) is 32.5 Å². The number of ketones is 1. The smallest absolute Gasteiger partial charge is 0.247 e. The average Bonchev–Trinajstić information content (AvgIpc) is 2.79. The summed E-state index contributed by atoms with van der Waals surface area (Å²) in [4.78, 5) is 32.3. The van der Waals surface area contributed by atoms with Gasteiger partial charge in [0.1, 0.15) is 18.2 Å². The first-order valence-corrected chi connectivity index (χ1v) is 9.77. The quantitative estimate of drug-likeness (QED) is 0.282. The number of carbonyl (C=O) groups is 2. The summed E-state index contributed by atoms with van der Waals surface area (Å²) in [6.45, 7) is 5.03. The Morgan fingerprint density at radius 2 is 1.84 bits per heavy atom. The number of rotatable bonds is 10. The van der Waals surface area contributed by atoms with Crippen molar-refractivity contribution < 1.29 is 19.4 Å². The molecule has 0 aliphatic rings. The topological polar surface area (TPSA) is 125 Å². The molecule has 0 fully saturated rings. The van der Waals surface area contributed by atoms with Gasteiger partial charge < -0.3 is 25.8 Å². The lowest BCUT2D eigenvalue weighted by atomic mass is 10.2. The van der Waals surface area contributed by atoms with E-state index in [0.29, 0.717) is 28.5 Å². The number of aliphatic hydroxyl groups excluding tert-OH is 1. The predicted octanol–water partition coefficient (Wildman–Crippen LogP) is 3.66. The highest BCUT2D eigenvalue weighted by atomic mass is 16.5. The van der Waals surface area contributed by atoms with Crippen LogP contribution in [0.15, 0.2) is 67.4 Å². The molecule has 0 atom stereocenters. The standard InChI is InChI=1S/C23H23N5O4/c1-3-21(31)25-17-5-4-6-18(13-17)26-22-20(15(2)30)14-24-23(28-22)27-16-7-9-19(10-8-16)32-12-11-29/h3-10,13-14,29H,1,11-12H2,2H3,(H,25,31)(H2,24,26,27,28). The van der Waals surface area contributed by atoms with Gasteiger partial charge in [0.05, 0.1) is 12.2 Å². The summed E-state index contributed by atoms with van der Waals surface area (Å²) in [6.07, 6.45) is 2.63. The van der Waals surface area contributed by atoms with Crippen LogP contribution in [-0.4, -0.2) is 40.0 Å². The van der Waals surface area contributed by atoms with E-state index in [-0.39, 0.29) is 30.9 Å². The molecule has 1 aromatic heterocycles. The molecule has 0 spiro atoms. The van der Waals surface area contributed by atoms with Crippen molar-refractivity contribution in [1.82, 2.24) is 9.97 Å². The summed E-state index contributed by atoms with van der Waals surface area (Å²) in [5.74, 6) is 0.722. The maximum atomic E-state index is 12.1. The van der Waals surface area contributed by atoms with Crippen molar-refractivity contribution >= 4 is 40.5 Å². The van der Waals surface area contributed by atoms with E-state index in [1.807, 2.05) is 0 Å². The molecule has 2 aromatic carbocycles. The summed E-state index contributed by atoms with van der Waals surface area (Å²) in [5.41, 5.74) is 2.24. The van der Waals surface area contributed by atoms with Crippen LogP contribution in [0.4, 0.5) is 28.8 Å². The molecule has 0 unspecified atom stereocenters. The van der Waals surface area contributed by atoms with Crippen LogP contribution in [0.25, 0.3) is 0 Å². The molecular formula is C23H23N5O4. The Labute approximate surface area is 185 Å². The van der Waals surface area contributed by atoms with Gasteiger partial charge in [0.25, 0.3) is 0 Å². The lowest BCUT2D eigenvalue weighted by Crippen LogP contribution is -2.09. The van der Waals surface area contributed by atoms with Crippen molar-refractivity contribution in [3.63, 3.8) is 0 Å². The van der Waals surface area contributed by atoms with E-state index in [1.165, 1.54) is 19.2 Å². The molecule has 164 valence electrons. The fraction of sp³-hybridized carbons (Fsp3) is 0.130. The predicted molar refractivity (Wildman–Crippen MR) is 123 cm³/mol. The second-order valence-corrected chi connectivity index (χ2v) is 6.63. The first-order valence-electron chi connectivity index (χ1n) is 9.77. The number of Topliss-reactive ketones (excluding diaryl/α,β-unsaturated/α-hetero) is 1. The zero-order valence-corrected chi connectivity index (χ0v) is 17.5. The largest absolute Gasteiger partial charge is 0.491 e. The number of benzene rings is 2. The van der Waals surface area contributed by atoms with Crippen LogP contribution in [0.2, 0.25) is 0 Å². The van der Waals surface area contributed by atoms with E-state index in [4.69, 9.17) is 9.84 Å². The maximum absolute atomic E-state index is 12.1. The van der Waals surface area contributed by atoms with Gasteiger partial charge in [-0.25, -0.2) is 4.98 Å². The second-order valence-electron chi connectivity index (χ2n) is 6.63. The number of ether oxygens (including phenoxy) is 1. The molecule has 0 saturated heterocycles. The zero-order valence-electron chi connectivity index (χ0n) is 17.5. The maximum Gasteiger partial charge on any atom is 0.247 e. The Morgan fingerprint density at radius 1 is 1.09 bits per heavy atom. The normalized spacial score (nSPS) is 10.2. The fourth-order valence-corrected chi connectivity index (χ4v) is 2.73. The molecule has 4 N–H and O–H groups in total. The second kappa shape index (κ2) is 10.7. The van der Waals surface area contributed by atoms with Crippen molar-refractivity contribution in [3.8, 4) is 5.75 Å². The van der Waals surface area contributed by atoms with E-state index in [1.54, 1.807) is 48.5 Å². The first kappa shape index (κ1) is 22.4. The van der Waals surface area contributed by atoms with Crippen LogP contribution in [0.3, 0.4) is 0 Å². The number of aromatic nitrogens is 2. The zero-order chi connectivity index (χ0) is 22.9. The minimum Gasteiger partial charge on any atom is -0.491 e. The van der Waals surface area contributed by atoms with Crippen molar-refractivity contribution in [1.29, 1.82) is 0 Å². The molecular weight excluding hydrogens is 410 g/mol. The third kappa shape index (κ3) is 6.13. The van der Waals surface area contributed by atoms with Crippen LogP contribution in [0, 0.1) is 0 Å². The van der Waals surface area contributed by atoms with E-state index < -0.39 is 0 Å². The van der Waals surface area contributed by atoms with Crippen LogP contribution in [-0.2, 0) is 4.79 Å². The lowest BCUT2D eigenvalue weighted by Gasteiger charge is -2.13. The van der Waals surface area contributed by atoms with Crippen molar-refractivity contribution in [2.45, 2.75) is 6.92 Å². The van der Waals surface area contributed by atoms with Gasteiger partial charge in [-0.1, -0.05) is 12.6 Å². The number of nitrogens with one attached hydrogen (secondary N) is 3. The number of amides is 1. The van der Waals surface area contributed by atoms with Gasteiger partial charge in [-0.15, -0.1) is 0 Å². The molecule has 0 aliphatic heterocycles. The molecule has 1 amide bonds. The summed E-state index contributed by atoms with van der Waals surface area (Å²) in [5, 5.41) is 17.7. The van der Waals surface area contributed by atoms with Gasteiger partial charge in [0.2, 0.25) is 11.9 Å². The average molecular weight is 433 g/mol. The third-order valence-corrected chi connectivity index (χ3v) is 4.22. The molecule has 0 saturated carbocycles. The minimum atomic E-state index is -0.326. The first-order chi connectivity index (χ1) is 15.5. The molecule has 1 heterocycles. The Bertz CT molecular complexity index is 1120. The monoisotopic (exact) mass is 433 g/mol. The van der Waals surface area contributed by atoms with Gasteiger partial charge in [-0.2, -0.15) is 4.98 Å². The minimum absolute atomic E-state index is 0.0599. The highest BCUT2D eigenvalue weighted by Crippen LogP contribution is 2.24. The number of aliphatic hydroxyl groups is 1. The van der Waals surface area contributed by atoms with Crippen molar-refractivity contribution in [2.75, 3.05) is 29.2 Å². The van der Waals surface area contributed by atoms with Gasteiger partial charge in [0.15, 0.2) is 5.78 Å². The highest BCUT2D eigenvalue weighted by Gasteiger charge is 2.12. The Morgan fingerprint density at radius 3 is 2.53 bits per heavy atom. The van der Waals surface area contributed by atoms with Gasteiger partial charge in [0, 0.05) is 23.3 Å². The van der Waals surface area contributed by atoms with Crippen LogP contribution in [0.1, 0.15) is 17.3 Å². The Kier molecular flexibility index (Phi) is 7.50. The van der Waals surface area contributed by atoms with E-state index in [0.717, 1.165) is 5.69 Å². The molecule has 3 rings (SSSR count). The molecule has 9 heteroatoms. The SMILES string of the molecule is C=CC(=O)Nc1cccc(Nc2nc(Nc3ccc(OCCO)cc3)ncc2C(C)=O)c1. The summed E-state index contributed by atoms with van der Waals surface area (Å²) in [6, 6.07) is 14.1. The summed E-state index contributed by atoms with van der Waals surface area (Å²) in [7, 11) is 0. The molecule has 32 heavy (non-hydrogen) atoms. The number of anilines is 5. The fourth-order valence-electron chi connectivity index (χ4n) is 2.73. The molecule has 0 aliphatic carbocycles. The van der Waals surface area contributed by atoms with Gasteiger partial charge in [-0.3, -0.25) is 9.59 Å². The number of hydrogen-bond acceptors (Lipinski definition) is 8. The molecule has 3 aromatic rings. The van der Waals surface area contributed by atoms with Crippen LogP contribution in [0.5, 0.6) is 5.75 Å². The van der Waals surface area contributed by atoms with Gasteiger partial charge >= 0.3 is 0 Å². The summed E-state index contributed by atoms with van der Waals surface area (Å²) >= 11 is 0. The number of nitrogens with zero attached hydrogens (tertiary/aromatic N) is 2. The third-order valence-electron chi connectivity index (χ3n) is 4.22. The van der Waals surface area contributed by atoms with E-state index in [9.17, 15) is 9.59 Å². The number of carbonyl (C=O) groups excluding carboxylic acids is 2. The van der Waals surface area contributed by atoms with Crippen LogP contribution < -0.4 is 20.7 Å². The van der Waals surface area contributed by atoms with E-state index >= 15 is 0 Å². The number of hydrogen-bond donors (Lipinski definition) is 4. The van der Waals surface area contributed by atoms with Crippen molar-refractivity contribution in [2.24, 2.45) is 0 Å². The molecule has 9 nitrogen and oxygen atoms in total. The summed E-state index contributed by atoms with van der Waals surface area (Å²) < 4.78 is 5.34. The molecule has 0 radical (unpaired) electrons. The van der Waals surface area contributed by atoms with Gasteiger partial charge in [-0.05, 0) is 55.5 Å². The van der Waals surface area contributed by atoms with Crippen LogP contribution >= 0.6 is 0 Å². The highest BCUT2D eigenvalue weighted by molar-refractivity contribution is 6.00. The van der Waals surface area contributed by atoms with Crippen molar-refractivity contribution in [3.05, 3.63) is 72.9 Å². The Balaban J connectivity index is 1.80.